The van der Waals surface area contributed by atoms with Gasteiger partial charge in [0.25, 0.3) is 10.1 Å². The van der Waals surface area contributed by atoms with Crippen LogP contribution in [-0.2, 0) is 10.1 Å². The summed E-state index contributed by atoms with van der Waals surface area (Å²) in [6.45, 7) is 2.88. The average Bonchev–Trinajstić information content (AvgIpc) is 2.13. The van der Waals surface area contributed by atoms with Gasteiger partial charge in [-0.2, -0.15) is 8.42 Å². The molecule has 0 saturated carbocycles. The van der Waals surface area contributed by atoms with Gasteiger partial charge in [-0.25, -0.2) is 9.97 Å². The number of aromatic nitrogens is 2. The Balaban J connectivity index is 3.26. The predicted molar refractivity (Wildman–Crippen MR) is 66.5 cm³/mol. The lowest BCUT2D eigenvalue weighted by atomic mass is 10.0. The minimum Gasteiger partial charge on any atom is -0.285 e. The summed E-state index contributed by atoms with van der Waals surface area (Å²) in [5.41, 5.74) is 0.239. The van der Waals surface area contributed by atoms with Crippen molar-refractivity contribution in [2.24, 2.45) is 0 Å². The summed E-state index contributed by atoms with van der Waals surface area (Å²) in [4.78, 5) is 7.36. The van der Waals surface area contributed by atoms with Gasteiger partial charge in [0.05, 0.1) is 5.25 Å². The van der Waals surface area contributed by atoms with Crippen LogP contribution >= 0.6 is 34.8 Å². The van der Waals surface area contributed by atoms with Crippen LogP contribution < -0.4 is 0 Å². The summed E-state index contributed by atoms with van der Waals surface area (Å²) in [5.74, 6) is -0.665. The van der Waals surface area contributed by atoms with Crippen LogP contribution in [0.2, 0.25) is 15.6 Å². The minimum absolute atomic E-state index is 0.0296. The number of hydrogen-bond donors (Lipinski definition) is 1. The highest BCUT2D eigenvalue weighted by Crippen LogP contribution is 2.33. The molecule has 0 amide bonds. The van der Waals surface area contributed by atoms with E-state index in [1.54, 1.807) is 6.92 Å². The van der Waals surface area contributed by atoms with E-state index in [1.165, 1.54) is 6.92 Å². The zero-order valence-corrected chi connectivity index (χ0v) is 11.9. The lowest BCUT2D eigenvalue weighted by molar-refractivity contribution is 0.461. The Morgan fingerprint density at radius 1 is 1.12 bits per heavy atom. The highest BCUT2D eigenvalue weighted by atomic mass is 35.5. The molecule has 5 nitrogen and oxygen atoms in total. The molecule has 0 aliphatic rings. The number of nitrogens with zero attached hydrogens (tertiary/aromatic N) is 2. The molecule has 0 saturated heterocycles. The largest absolute Gasteiger partial charge is 0.285 e. The quantitative estimate of drug-likeness (QED) is 0.526. The third-order valence-corrected chi connectivity index (χ3v) is 4.55. The van der Waals surface area contributed by atoms with Gasteiger partial charge in [-0.15, -0.1) is 0 Å². The average molecular weight is 320 g/mol. The molecule has 1 aromatic rings. The van der Waals surface area contributed by atoms with Crippen molar-refractivity contribution in [2.75, 3.05) is 0 Å². The molecule has 0 aliphatic carbocycles. The highest BCUT2D eigenvalue weighted by molar-refractivity contribution is 7.86. The van der Waals surface area contributed by atoms with Crippen molar-refractivity contribution in [1.29, 1.82) is 0 Å². The lowest BCUT2D eigenvalue weighted by Crippen LogP contribution is -2.24. The van der Waals surface area contributed by atoms with E-state index in [4.69, 9.17) is 39.4 Å². The van der Waals surface area contributed by atoms with Gasteiger partial charge in [-0.3, -0.25) is 4.55 Å². The van der Waals surface area contributed by atoms with Crippen molar-refractivity contribution in [3.63, 3.8) is 0 Å². The Morgan fingerprint density at radius 2 is 1.53 bits per heavy atom. The van der Waals surface area contributed by atoms with Crippen LogP contribution in [0, 0.1) is 0 Å². The molecule has 96 valence electrons. The molecule has 0 aliphatic heterocycles. The minimum atomic E-state index is -4.20. The van der Waals surface area contributed by atoms with Crippen LogP contribution in [0.1, 0.15) is 25.3 Å². The third-order valence-electron chi connectivity index (χ3n) is 2.45. The smallest absolute Gasteiger partial charge is 0.268 e. The van der Waals surface area contributed by atoms with Gasteiger partial charge in [-0.1, -0.05) is 30.1 Å². The van der Waals surface area contributed by atoms with Gasteiger partial charge >= 0.3 is 0 Å². The van der Waals surface area contributed by atoms with Crippen LogP contribution in [0.5, 0.6) is 0 Å². The van der Waals surface area contributed by atoms with Crippen LogP contribution in [-0.4, -0.2) is 28.2 Å². The molecule has 1 rings (SSSR count). The molecule has 1 N–H and O–H groups in total. The Labute approximate surface area is 114 Å². The molecule has 1 heterocycles. The molecule has 0 fully saturated rings. The maximum absolute atomic E-state index is 11.0. The van der Waals surface area contributed by atoms with E-state index in [-0.39, 0.29) is 21.2 Å². The zero-order valence-electron chi connectivity index (χ0n) is 8.85. The fourth-order valence-electron chi connectivity index (χ4n) is 1.26. The van der Waals surface area contributed by atoms with E-state index in [2.05, 4.69) is 9.97 Å². The molecule has 17 heavy (non-hydrogen) atoms. The Kier molecular flexibility index (Phi) is 4.60. The molecule has 0 radical (unpaired) electrons. The third kappa shape index (κ3) is 3.42. The first-order valence-electron chi connectivity index (χ1n) is 4.49. The molecule has 0 aromatic carbocycles. The van der Waals surface area contributed by atoms with Gasteiger partial charge in [0.1, 0.15) is 10.3 Å². The summed E-state index contributed by atoms with van der Waals surface area (Å²) in [6.07, 6.45) is 0. The van der Waals surface area contributed by atoms with Gasteiger partial charge in [0, 0.05) is 11.5 Å². The highest BCUT2D eigenvalue weighted by Gasteiger charge is 2.29. The summed E-state index contributed by atoms with van der Waals surface area (Å²) < 4.78 is 31.0. The van der Waals surface area contributed by atoms with Crippen LogP contribution in [0.3, 0.4) is 0 Å². The van der Waals surface area contributed by atoms with Gasteiger partial charge < -0.3 is 0 Å². The van der Waals surface area contributed by atoms with E-state index in [1.807, 2.05) is 0 Å². The molecule has 2 atom stereocenters. The molecule has 1 aromatic heterocycles. The SMILES string of the molecule is C[C@@H](c1c(Cl)nc(Cl)nc1Cl)[C@H](C)S(=O)(=O)O. The second-order valence-corrected chi connectivity index (χ2v) is 6.32. The zero-order chi connectivity index (χ0) is 13.4. The van der Waals surface area contributed by atoms with E-state index in [9.17, 15) is 8.42 Å². The lowest BCUT2D eigenvalue weighted by Gasteiger charge is -2.18. The van der Waals surface area contributed by atoms with E-state index >= 15 is 0 Å². The van der Waals surface area contributed by atoms with Gasteiger partial charge in [-0.05, 0) is 18.5 Å². The second kappa shape index (κ2) is 5.24. The molecule has 9 heteroatoms. The normalized spacial score (nSPS) is 15.6. The Hall–Kier alpha value is -0.140. The van der Waals surface area contributed by atoms with Crippen molar-refractivity contribution in [2.45, 2.75) is 25.0 Å². The first kappa shape index (κ1) is 14.9. The van der Waals surface area contributed by atoms with Crippen molar-refractivity contribution < 1.29 is 13.0 Å². The predicted octanol–water partition coefficient (Wildman–Crippen LogP) is 2.82. The molecule has 0 unspecified atom stereocenters. The maximum Gasteiger partial charge on any atom is 0.268 e. The maximum atomic E-state index is 11.0. The second-order valence-electron chi connectivity index (χ2n) is 3.50. The van der Waals surface area contributed by atoms with Crippen molar-refractivity contribution in [3.05, 3.63) is 21.2 Å². The Morgan fingerprint density at radius 3 is 1.88 bits per heavy atom. The first-order chi connectivity index (χ1) is 7.64. The fraction of sp³-hybridized carbons (Fsp3) is 0.500. The van der Waals surface area contributed by atoms with E-state index in [0.29, 0.717) is 0 Å². The van der Waals surface area contributed by atoms with Crippen LogP contribution in [0.15, 0.2) is 0 Å². The van der Waals surface area contributed by atoms with Crippen LogP contribution in [0.25, 0.3) is 0 Å². The summed E-state index contributed by atoms with van der Waals surface area (Å²) in [5, 5.41) is -1.27. The van der Waals surface area contributed by atoms with Gasteiger partial charge in [0.2, 0.25) is 5.28 Å². The molecule has 0 bridgehead atoms. The first-order valence-corrected chi connectivity index (χ1v) is 7.13. The number of halogens is 3. The number of hydrogen-bond acceptors (Lipinski definition) is 4. The van der Waals surface area contributed by atoms with Crippen LogP contribution in [0.4, 0.5) is 0 Å². The van der Waals surface area contributed by atoms with Crippen molar-refractivity contribution in [1.82, 2.24) is 9.97 Å². The Bertz CT molecular complexity index is 512. The summed E-state index contributed by atoms with van der Waals surface area (Å²) in [7, 11) is -4.20. The van der Waals surface area contributed by atoms with E-state index < -0.39 is 21.3 Å². The van der Waals surface area contributed by atoms with Gasteiger partial charge in [0.15, 0.2) is 0 Å². The monoisotopic (exact) mass is 318 g/mol. The topological polar surface area (TPSA) is 80.2 Å². The molecular formula is C8H9Cl3N2O3S. The standard InChI is InChI=1S/C8H9Cl3N2O3S/c1-3(4(2)17(14,15)16)5-6(9)12-8(11)13-7(5)10/h3-4H,1-2H3,(H,14,15,16)/t3-,4+/m1/s1. The van der Waals surface area contributed by atoms with Crippen molar-refractivity contribution in [3.8, 4) is 0 Å². The van der Waals surface area contributed by atoms with Crippen molar-refractivity contribution >= 4 is 44.9 Å². The summed E-state index contributed by atoms with van der Waals surface area (Å²) >= 11 is 17.2. The molecule has 0 spiro atoms. The molecular weight excluding hydrogens is 311 g/mol. The fourth-order valence-corrected chi connectivity index (χ4v) is 2.90. The van der Waals surface area contributed by atoms with E-state index in [0.717, 1.165) is 0 Å². The summed E-state index contributed by atoms with van der Waals surface area (Å²) in [6, 6.07) is 0. The number of rotatable bonds is 3.